The summed E-state index contributed by atoms with van der Waals surface area (Å²) >= 11 is 0. The number of nitrogens with one attached hydrogen (secondary N) is 1. The molecular weight excluding hydrogens is 222 g/mol. The summed E-state index contributed by atoms with van der Waals surface area (Å²) in [5, 5.41) is 8.68. The number of ether oxygens (including phenoxy) is 1. The van der Waals surface area contributed by atoms with E-state index < -0.39 is 17.5 Å². The van der Waals surface area contributed by atoms with Gasteiger partial charge < -0.3 is 14.8 Å². The maximum Gasteiger partial charge on any atom is 0.352 e. The third-order valence-corrected chi connectivity index (χ3v) is 1.75. The average molecular weight is 237 g/mol. The third kappa shape index (κ3) is 4.55. The zero-order chi connectivity index (χ0) is 13.1. The molecule has 0 fully saturated rings. The zero-order valence-electron chi connectivity index (χ0n) is 9.98. The number of carbonyl (C=O) groups excluding carboxylic acids is 1. The Morgan fingerprint density at radius 2 is 2.06 bits per heavy atom. The molecule has 1 rings (SSSR count). The molecule has 1 aromatic heterocycles. The van der Waals surface area contributed by atoms with Gasteiger partial charge in [-0.25, -0.2) is 9.59 Å². The van der Waals surface area contributed by atoms with Gasteiger partial charge in [0.25, 0.3) is 0 Å². The van der Waals surface area contributed by atoms with Crippen LogP contribution in [-0.2, 0) is 9.53 Å². The van der Waals surface area contributed by atoms with Gasteiger partial charge in [0, 0.05) is 12.3 Å². The Kier molecular flexibility index (Phi) is 3.73. The first-order valence-electron chi connectivity index (χ1n) is 5.11. The molecule has 1 aromatic rings. The molecule has 0 aliphatic heterocycles. The van der Waals surface area contributed by atoms with Crippen LogP contribution in [0.4, 0.5) is 0 Å². The second-order valence-corrected chi connectivity index (χ2v) is 4.52. The predicted molar refractivity (Wildman–Crippen MR) is 62.6 cm³/mol. The van der Waals surface area contributed by atoms with E-state index in [-0.39, 0.29) is 5.69 Å². The zero-order valence-corrected chi connectivity index (χ0v) is 9.98. The van der Waals surface area contributed by atoms with Crippen molar-refractivity contribution < 1.29 is 19.4 Å². The van der Waals surface area contributed by atoms with Gasteiger partial charge in [0.15, 0.2) is 0 Å². The third-order valence-electron chi connectivity index (χ3n) is 1.75. The van der Waals surface area contributed by atoms with Crippen molar-refractivity contribution in [3.63, 3.8) is 0 Å². The van der Waals surface area contributed by atoms with Crippen LogP contribution in [0.15, 0.2) is 18.3 Å². The first-order chi connectivity index (χ1) is 7.78. The van der Waals surface area contributed by atoms with Gasteiger partial charge >= 0.3 is 11.9 Å². The van der Waals surface area contributed by atoms with E-state index in [1.807, 2.05) is 0 Å². The van der Waals surface area contributed by atoms with Crippen molar-refractivity contribution in [3.05, 3.63) is 29.6 Å². The molecule has 0 aromatic carbocycles. The van der Waals surface area contributed by atoms with E-state index in [2.05, 4.69) is 4.98 Å². The molecular formula is C12H15NO4. The Bertz CT molecular complexity index is 451. The Balaban J connectivity index is 2.64. The van der Waals surface area contributed by atoms with Gasteiger partial charge in [0.05, 0.1) is 0 Å². The summed E-state index contributed by atoms with van der Waals surface area (Å²) in [6.45, 7) is 5.33. The minimum Gasteiger partial charge on any atom is -0.477 e. The summed E-state index contributed by atoms with van der Waals surface area (Å²) in [5.74, 6) is -1.50. The summed E-state index contributed by atoms with van der Waals surface area (Å²) in [5.41, 5.74) is 0.147. The van der Waals surface area contributed by atoms with E-state index in [1.165, 1.54) is 24.4 Å². The van der Waals surface area contributed by atoms with Crippen LogP contribution in [0.5, 0.6) is 0 Å². The number of hydrogen-bond donors (Lipinski definition) is 2. The van der Waals surface area contributed by atoms with Crippen LogP contribution in [0.3, 0.4) is 0 Å². The summed E-state index contributed by atoms with van der Waals surface area (Å²) in [6, 6.07) is 1.43. The molecule has 0 spiro atoms. The lowest BCUT2D eigenvalue weighted by Crippen LogP contribution is -2.22. The molecule has 0 saturated heterocycles. The molecule has 0 amide bonds. The molecule has 0 saturated carbocycles. The van der Waals surface area contributed by atoms with Crippen LogP contribution in [0, 0.1) is 0 Å². The van der Waals surface area contributed by atoms with Crippen molar-refractivity contribution in [2.75, 3.05) is 0 Å². The van der Waals surface area contributed by atoms with Gasteiger partial charge in [-0.15, -0.1) is 0 Å². The number of rotatable bonds is 3. The van der Waals surface area contributed by atoms with Crippen molar-refractivity contribution in [1.82, 2.24) is 4.98 Å². The van der Waals surface area contributed by atoms with Gasteiger partial charge in [-0.3, -0.25) is 0 Å². The lowest BCUT2D eigenvalue weighted by Gasteiger charge is -2.17. The highest BCUT2D eigenvalue weighted by Gasteiger charge is 2.13. The van der Waals surface area contributed by atoms with Gasteiger partial charge in [0.1, 0.15) is 11.3 Å². The smallest absolute Gasteiger partial charge is 0.352 e. The number of hydrogen-bond acceptors (Lipinski definition) is 3. The van der Waals surface area contributed by atoms with E-state index >= 15 is 0 Å². The SMILES string of the molecule is CC(C)(C)OC(=O)/C=C/c1c[nH]c(C(=O)O)c1. The van der Waals surface area contributed by atoms with Crippen molar-refractivity contribution in [3.8, 4) is 0 Å². The largest absolute Gasteiger partial charge is 0.477 e. The highest BCUT2D eigenvalue weighted by molar-refractivity contribution is 5.89. The van der Waals surface area contributed by atoms with Crippen molar-refractivity contribution in [1.29, 1.82) is 0 Å². The molecule has 0 bridgehead atoms. The Morgan fingerprint density at radius 3 is 2.53 bits per heavy atom. The van der Waals surface area contributed by atoms with Crippen LogP contribution in [0.2, 0.25) is 0 Å². The van der Waals surface area contributed by atoms with E-state index in [4.69, 9.17) is 9.84 Å². The van der Waals surface area contributed by atoms with Crippen molar-refractivity contribution in [2.45, 2.75) is 26.4 Å². The van der Waals surface area contributed by atoms with Crippen LogP contribution >= 0.6 is 0 Å². The summed E-state index contributed by atoms with van der Waals surface area (Å²) in [7, 11) is 0. The molecule has 5 heteroatoms. The molecule has 2 N–H and O–H groups in total. The fraction of sp³-hybridized carbons (Fsp3) is 0.333. The Labute approximate surface area is 99.1 Å². The summed E-state index contributed by atoms with van der Waals surface area (Å²) in [6.07, 6.45) is 4.27. The number of aromatic nitrogens is 1. The quantitative estimate of drug-likeness (QED) is 0.623. The lowest BCUT2D eigenvalue weighted by molar-refractivity contribution is -0.148. The molecule has 5 nitrogen and oxygen atoms in total. The van der Waals surface area contributed by atoms with Crippen molar-refractivity contribution in [2.24, 2.45) is 0 Å². The normalized spacial score (nSPS) is 11.7. The summed E-state index contributed by atoms with van der Waals surface area (Å²) < 4.78 is 5.06. The number of aromatic amines is 1. The van der Waals surface area contributed by atoms with Crippen LogP contribution in [0.1, 0.15) is 36.8 Å². The predicted octanol–water partition coefficient (Wildman–Crippen LogP) is 2.07. The van der Waals surface area contributed by atoms with Gasteiger partial charge in [0.2, 0.25) is 0 Å². The molecule has 92 valence electrons. The van der Waals surface area contributed by atoms with E-state index in [0.29, 0.717) is 5.56 Å². The summed E-state index contributed by atoms with van der Waals surface area (Å²) in [4.78, 5) is 24.5. The highest BCUT2D eigenvalue weighted by atomic mass is 16.6. The number of aromatic carboxylic acids is 1. The average Bonchev–Trinajstić information content (AvgIpc) is 2.60. The number of carboxylic acid groups (broad SMARTS) is 1. The fourth-order valence-electron chi connectivity index (χ4n) is 1.13. The van der Waals surface area contributed by atoms with E-state index in [9.17, 15) is 9.59 Å². The number of carbonyl (C=O) groups is 2. The molecule has 0 aliphatic rings. The van der Waals surface area contributed by atoms with Crippen molar-refractivity contribution >= 4 is 18.0 Å². The van der Waals surface area contributed by atoms with Gasteiger partial charge in [-0.05, 0) is 38.5 Å². The first-order valence-corrected chi connectivity index (χ1v) is 5.11. The topological polar surface area (TPSA) is 79.4 Å². The first kappa shape index (κ1) is 13.0. The maximum atomic E-state index is 11.3. The van der Waals surface area contributed by atoms with Crippen LogP contribution in [0.25, 0.3) is 6.08 Å². The number of esters is 1. The molecule has 0 atom stereocenters. The van der Waals surface area contributed by atoms with E-state index in [0.717, 1.165) is 0 Å². The maximum absolute atomic E-state index is 11.3. The molecule has 0 radical (unpaired) electrons. The molecule has 0 aliphatic carbocycles. The van der Waals surface area contributed by atoms with Crippen LogP contribution in [-0.4, -0.2) is 27.6 Å². The number of H-pyrrole nitrogens is 1. The lowest BCUT2D eigenvalue weighted by atomic mass is 10.2. The fourth-order valence-corrected chi connectivity index (χ4v) is 1.13. The highest BCUT2D eigenvalue weighted by Crippen LogP contribution is 2.09. The minimum absolute atomic E-state index is 0.0776. The van der Waals surface area contributed by atoms with Gasteiger partial charge in [-0.2, -0.15) is 0 Å². The van der Waals surface area contributed by atoms with Gasteiger partial charge in [-0.1, -0.05) is 0 Å². The minimum atomic E-state index is -1.04. The van der Waals surface area contributed by atoms with Crippen LogP contribution < -0.4 is 0 Å². The standard InChI is InChI=1S/C12H15NO4/c1-12(2,3)17-10(14)5-4-8-6-9(11(15)16)13-7-8/h4-7,13H,1-3H3,(H,15,16)/b5-4+. The van der Waals surface area contributed by atoms with E-state index in [1.54, 1.807) is 20.8 Å². The molecule has 0 unspecified atom stereocenters. The second-order valence-electron chi connectivity index (χ2n) is 4.52. The monoisotopic (exact) mass is 237 g/mol. The number of carboxylic acids is 1. The Hall–Kier alpha value is -2.04. The molecule has 17 heavy (non-hydrogen) atoms. The molecule has 1 heterocycles. The Morgan fingerprint density at radius 1 is 1.41 bits per heavy atom. The second kappa shape index (κ2) is 4.86.